The average Bonchev–Trinajstić information content (AvgIpc) is 3.21. The van der Waals surface area contributed by atoms with Crippen molar-refractivity contribution < 1.29 is 0 Å². The summed E-state index contributed by atoms with van der Waals surface area (Å²) in [5.41, 5.74) is 4.21. The molecule has 0 aliphatic carbocycles. The summed E-state index contributed by atoms with van der Waals surface area (Å²) in [6.45, 7) is 2.51. The number of nitrogens with zero attached hydrogens (tertiary/aromatic N) is 4. The number of fused-ring (bicyclic) bond motifs is 1. The molecule has 4 aromatic rings. The highest BCUT2D eigenvalue weighted by molar-refractivity contribution is 7.09. The van der Waals surface area contributed by atoms with Gasteiger partial charge in [0.15, 0.2) is 0 Å². The van der Waals surface area contributed by atoms with Crippen molar-refractivity contribution in [1.82, 2.24) is 14.5 Å². The molecule has 0 atom stereocenters. The third-order valence-corrected chi connectivity index (χ3v) is 5.72. The van der Waals surface area contributed by atoms with Gasteiger partial charge in [0, 0.05) is 21.8 Å². The van der Waals surface area contributed by atoms with Crippen molar-refractivity contribution in [3.05, 3.63) is 79.5 Å². The minimum atomic E-state index is 0.517. The summed E-state index contributed by atoms with van der Waals surface area (Å²) in [6, 6.07) is 13.1. The van der Waals surface area contributed by atoms with Crippen molar-refractivity contribution in [1.29, 1.82) is 5.26 Å². The number of hydrogen-bond acceptors (Lipinski definition) is 4. The van der Waals surface area contributed by atoms with Gasteiger partial charge >= 0.3 is 0 Å². The van der Waals surface area contributed by atoms with E-state index in [1.165, 1.54) is 0 Å². The van der Waals surface area contributed by atoms with Crippen molar-refractivity contribution in [2.75, 3.05) is 0 Å². The fourth-order valence-electron chi connectivity index (χ4n) is 3.04. The molecule has 27 heavy (non-hydrogen) atoms. The molecule has 0 aliphatic rings. The zero-order valence-electron chi connectivity index (χ0n) is 14.4. The Morgan fingerprint density at radius 3 is 2.74 bits per heavy atom. The Bertz CT molecular complexity index is 1190. The van der Waals surface area contributed by atoms with Crippen LogP contribution < -0.4 is 0 Å². The van der Waals surface area contributed by atoms with E-state index in [-0.39, 0.29) is 0 Å². The van der Waals surface area contributed by atoms with Crippen LogP contribution in [-0.2, 0) is 13.0 Å². The number of halogens is 2. The molecule has 2 heterocycles. The SMILES string of the molecule is Cc1nc(Cc2nc3ccc(C#N)cc3n2Cc2cc(Cl)ccc2Cl)cs1. The maximum Gasteiger partial charge on any atom is 0.116 e. The van der Waals surface area contributed by atoms with Gasteiger partial charge in [-0.3, -0.25) is 0 Å². The van der Waals surface area contributed by atoms with E-state index in [0.29, 0.717) is 28.6 Å². The van der Waals surface area contributed by atoms with Crippen molar-refractivity contribution in [3.63, 3.8) is 0 Å². The van der Waals surface area contributed by atoms with Gasteiger partial charge in [-0.25, -0.2) is 9.97 Å². The van der Waals surface area contributed by atoms with Crippen LogP contribution in [0.25, 0.3) is 11.0 Å². The van der Waals surface area contributed by atoms with E-state index in [9.17, 15) is 5.26 Å². The molecule has 0 bridgehead atoms. The molecule has 0 fully saturated rings. The van der Waals surface area contributed by atoms with E-state index in [1.807, 2.05) is 30.5 Å². The zero-order valence-corrected chi connectivity index (χ0v) is 16.7. The average molecular weight is 413 g/mol. The Balaban J connectivity index is 1.85. The molecule has 2 aromatic heterocycles. The molecule has 4 rings (SSSR count). The van der Waals surface area contributed by atoms with Crippen LogP contribution in [0.3, 0.4) is 0 Å². The summed E-state index contributed by atoms with van der Waals surface area (Å²) in [7, 11) is 0. The first-order valence-electron chi connectivity index (χ1n) is 8.27. The standard InChI is InChI=1S/C20H14Cl2N4S/c1-12-24-16(11-27-12)8-20-25-18-5-2-13(9-23)6-19(18)26(20)10-14-7-15(21)3-4-17(14)22/h2-7,11H,8,10H2,1H3. The Morgan fingerprint density at radius 1 is 1.15 bits per heavy atom. The van der Waals surface area contributed by atoms with Crippen molar-refractivity contribution >= 4 is 45.6 Å². The fraction of sp³-hybridized carbons (Fsp3) is 0.150. The first-order valence-corrected chi connectivity index (χ1v) is 9.91. The predicted octanol–water partition coefficient (Wildman–Crippen LogP) is 5.62. The van der Waals surface area contributed by atoms with E-state index >= 15 is 0 Å². The fourth-order valence-corrected chi connectivity index (χ4v) is 4.02. The van der Waals surface area contributed by atoms with Crippen molar-refractivity contribution in [3.8, 4) is 6.07 Å². The number of aryl methyl sites for hydroxylation is 1. The minimum Gasteiger partial charge on any atom is -0.323 e. The van der Waals surface area contributed by atoms with Gasteiger partial charge in [0.05, 0.1) is 39.9 Å². The van der Waals surface area contributed by atoms with Gasteiger partial charge in [-0.05, 0) is 48.9 Å². The van der Waals surface area contributed by atoms with E-state index < -0.39 is 0 Å². The molecule has 134 valence electrons. The first kappa shape index (κ1) is 18.0. The second-order valence-electron chi connectivity index (χ2n) is 6.20. The lowest BCUT2D eigenvalue weighted by atomic mass is 10.2. The van der Waals surface area contributed by atoms with Crippen LogP contribution in [0.15, 0.2) is 41.8 Å². The van der Waals surface area contributed by atoms with Gasteiger partial charge in [-0.15, -0.1) is 11.3 Å². The summed E-state index contributed by atoms with van der Waals surface area (Å²) in [4.78, 5) is 9.34. The molecule has 0 saturated carbocycles. The number of rotatable bonds is 4. The van der Waals surface area contributed by atoms with Crippen LogP contribution in [0.1, 0.15) is 27.7 Å². The molecule has 2 aromatic carbocycles. The summed E-state index contributed by atoms with van der Waals surface area (Å²) >= 11 is 14.2. The molecule has 0 spiro atoms. The molecule has 0 saturated heterocycles. The van der Waals surface area contributed by atoms with Gasteiger partial charge in [0.2, 0.25) is 0 Å². The lowest BCUT2D eigenvalue weighted by Gasteiger charge is -2.11. The van der Waals surface area contributed by atoms with Crippen LogP contribution in [0, 0.1) is 18.3 Å². The van der Waals surface area contributed by atoms with Gasteiger partial charge < -0.3 is 4.57 Å². The molecule has 0 unspecified atom stereocenters. The predicted molar refractivity (Wildman–Crippen MR) is 110 cm³/mol. The van der Waals surface area contributed by atoms with Gasteiger partial charge in [0.25, 0.3) is 0 Å². The lowest BCUT2D eigenvalue weighted by Crippen LogP contribution is -2.07. The summed E-state index contributed by atoms with van der Waals surface area (Å²) in [5, 5.41) is 13.6. The number of thiazole rings is 1. The van der Waals surface area contributed by atoms with Crippen LogP contribution in [-0.4, -0.2) is 14.5 Å². The largest absolute Gasteiger partial charge is 0.323 e. The second kappa shape index (κ2) is 7.32. The third kappa shape index (κ3) is 3.70. The summed E-state index contributed by atoms with van der Waals surface area (Å²) in [6.07, 6.45) is 0.610. The molecule has 0 aliphatic heterocycles. The summed E-state index contributed by atoms with van der Waals surface area (Å²) < 4.78 is 2.09. The smallest absolute Gasteiger partial charge is 0.116 e. The topological polar surface area (TPSA) is 54.5 Å². The van der Waals surface area contributed by atoms with E-state index in [0.717, 1.165) is 33.1 Å². The number of benzene rings is 2. The Hall–Kier alpha value is -2.39. The Morgan fingerprint density at radius 2 is 2.00 bits per heavy atom. The Kier molecular flexibility index (Phi) is 4.88. The Labute approximate surface area is 170 Å². The minimum absolute atomic E-state index is 0.517. The number of aromatic nitrogens is 3. The van der Waals surface area contributed by atoms with Crippen molar-refractivity contribution in [2.24, 2.45) is 0 Å². The summed E-state index contributed by atoms with van der Waals surface area (Å²) in [5.74, 6) is 0.876. The lowest BCUT2D eigenvalue weighted by molar-refractivity contribution is 0.757. The van der Waals surface area contributed by atoms with Gasteiger partial charge in [0.1, 0.15) is 5.82 Å². The van der Waals surface area contributed by atoms with Crippen LogP contribution in [0.4, 0.5) is 0 Å². The molecule has 7 heteroatoms. The molecular weight excluding hydrogens is 399 g/mol. The molecule has 4 nitrogen and oxygen atoms in total. The third-order valence-electron chi connectivity index (χ3n) is 4.30. The van der Waals surface area contributed by atoms with Gasteiger partial charge in [-0.1, -0.05) is 23.2 Å². The molecule has 0 radical (unpaired) electrons. The quantitative estimate of drug-likeness (QED) is 0.436. The van der Waals surface area contributed by atoms with Gasteiger partial charge in [-0.2, -0.15) is 5.26 Å². The molecular formula is C20H14Cl2N4S. The number of hydrogen-bond donors (Lipinski definition) is 0. The normalized spacial score (nSPS) is 11.0. The monoisotopic (exact) mass is 412 g/mol. The number of imidazole rings is 1. The van der Waals surface area contributed by atoms with Crippen LogP contribution in [0.5, 0.6) is 0 Å². The van der Waals surface area contributed by atoms with E-state index in [4.69, 9.17) is 28.2 Å². The van der Waals surface area contributed by atoms with E-state index in [1.54, 1.807) is 29.5 Å². The van der Waals surface area contributed by atoms with E-state index in [2.05, 4.69) is 15.6 Å². The zero-order chi connectivity index (χ0) is 19.0. The highest BCUT2D eigenvalue weighted by Crippen LogP contribution is 2.26. The first-order chi connectivity index (χ1) is 13.0. The highest BCUT2D eigenvalue weighted by atomic mass is 35.5. The second-order valence-corrected chi connectivity index (χ2v) is 8.11. The highest BCUT2D eigenvalue weighted by Gasteiger charge is 2.15. The van der Waals surface area contributed by atoms with Crippen LogP contribution >= 0.6 is 34.5 Å². The van der Waals surface area contributed by atoms with Crippen LogP contribution in [0.2, 0.25) is 10.0 Å². The molecule has 0 N–H and O–H groups in total. The van der Waals surface area contributed by atoms with Crippen molar-refractivity contribution in [2.45, 2.75) is 19.9 Å². The number of nitriles is 1. The maximum absolute atomic E-state index is 9.28. The molecule has 0 amide bonds. The maximum atomic E-state index is 9.28.